The number of hydrogen-bond donors (Lipinski definition) is 1. The van der Waals surface area contributed by atoms with E-state index in [2.05, 4.69) is 24.3 Å². The molecule has 2 aliphatic rings. The molecule has 0 bridgehead atoms. The standard InChI is InChI=1S/C16H27N3O2/c1-3-10-17-13-8-6-7-12(13)14-18-15(19-21-14)16(2)9-4-5-11-20-16/h12-13,17H,3-11H2,1-2H3. The van der Waals surface area contributed by atoms with Gasteiger partial charge in [-0.15, -0.1) is 0 Å². The van der Waals surface area contributed by atoms with Crippen LogP contribution in [0.1, 0.15) is 76.4 Å². The monoisotopic (exact) mass is 293 g/mol. The van der Waals surface area contributed by atoms with Gasteiger partial charge in [0.2, 0.25) is 11.7 Å². The van der Waals surface area contributed by atoms with Gasteiger partial charge in [-0.3, -0.25) is 0 Å². The minimum absolute atomic E-state index is 0.356. The summed E-state index contributed by atoms with van der Waals surface area (Å²) in [5, 5.41) is 7.85. The van der Waals surface area contributed by atoms with Crippen molar-refractivity contribution in [3.05, 3.63) is 11.7 Å². The maximum absolute atomic E-state index is 5.92. The minimum atomic E-state index is -0.356. The lowest BCUT2D eigenvalue weighted by Crippen LogP contribution is -2.33. The normalized spacial score (nSPS) is 33.4. The zero-order chi connectivity index (χ0) is 14.7. The van der Waals surface area contributed by atoms with Crippen molar-refractivity contribution < 1.29 is 9.26 Å². The van der Waals surface area contributed by atoms with Crippen LogP contribution in [-0.4, -0.2) is 29.3 Å². The topological polar surface area (TPSA) is 60.2 Å². The third-order valence-electron chi connectivity index (χ3n) is 4.87. The van der Waals surface area contributed by atoms with E-state index in [1.54, 1.807) is 0 Å². The van der Waals surface area contributed by atoms with Gasteiger partial charge in [0.15, 0.2) is 0 Å². The predicted octanol–water partition coefficient (Wildman–Crippen LogP) is 3.12. The smallest absolute Gasteiger partial charge is 0.231 e. The van der Waals surface area contributed by atoms with Crippen LogP contribution in [-0.2, 0) is 10.3 Å². The highest BCUT2D eigenvalue weighted by molar-refractivity contribution is 5.07. The van der Waals surface area contributed by atoms with Gasteiger partial charge in [-0.05, 0) is 52.0 Å². The number of nitrogens with one attached hydrogen (secondary N) is 1. The first-order valence-electron chi connectivity index (χ1n) is 8.44. The molecule has 1 saturated heterocycles. The van der Waals surface area contributed by atoms with E-state index < -0.39 is 0 Å². The number of rotatable bonds is 5. The quantitative estimate of drug-likeness (QED) is 0.904. The Bertz CT molecular complexity index is 454. The van der Waals surface area contributed by atoms with Crippen LogP contribution in [0.25, 0.3) is 0 Å². The molecule has 118 valence electrons. The van der Waals surface area contributed by atoms with Crippen molar-refractivity contribution in [2.75, 3.05) is 13.2 Å². The van der Waals surface area contributed by atoms with Crippen LogP contribution in [0.5, 0.6) is 0 Å². The van der Waals surface area contributed by atoms with Crippen molar-refractivity contribution >= 4 is 0 Å². The van der Waals surface area contributed by atoms with E-state index in [-0.39, 0.29) is 5.60 Å². The van der Waals surface area contributed by atoms with Gasteiger partial charge in [0.25, 0.3) is 0 Å². The number of aromatic nitrogens is 2. The molecular weight excluding hydrogens is 266 g/mol. The van der Waals surface area contributed by atoms with E-state index in [0.29, 0.717) is 12.0 Å². The molecule has 0 aromatic carbocycles. The van der Waals surface area contributed by atoms with Gasteiger partial charge >= 0.3 is 0 Å². The Kier molecular flexibility index (Phi) is 4.60. The van der Waals surface area contributed by atoms with Gasteiger partial charge in [-0.1, -0.05) is 18.5 Å². The fourth-order valence-corrected chi connectivity index (χ4v) is 3.54. The van der Waals surface area contributed by atoms with E-state index >= 15 is 0 Å². The average Bonchev–Trinajstić information content (AvgIpc) is 3.14. The van der Waals surface area contributed by atoms with Gasteiger partial charge in [0.1, 0.15) is 5.60 Å². The fourth-order valence-electron chi connectivity index (χ4n) is 3.54. The Balaban J connectivity index is 1.72. The molecule has 3 rings (SSSR count). The first kappa shape index (κ1) is 15.0. The summed E-state index contributed by atoms with van der Waals surface area (Å²) in [6.07, 6.45) is 8.02. The minimum Gasteiger partial charge on any atom is -0.367 e. The molecule has 1 saturated carbocycles. The molecule has 5 heteroatoms. The zero-order valence-corrected chi connectivity index (χ0v) is 13.2. The molecule has 0 spiro atoms. The highest BCUT2D eigenvalue weighted by atomic mass is 16.5. The first-order chi connectivity index (χ1) is 10.2. The lowest BCUT2D eigenvalue weighted by molar-refractivity contribution is -0.0770. The van der Waals surface area contributed by atoms with Crippen molar-refractivity contribution in [3.63, 3.8) is 0 Å². The Morgan fingerprint density at radius 1 is 1.29 bits per heavy atom. The van der Waals surface area contributed by atoms with Gasteiger partial charge in [0.05, 0.1) is 5.92 Å². The number of nitrogens with zero attached hydrogens (tertiary/aromatic N) is 2. The second kappa shape index (κ2) is 6.44. The third-order valence-corrected chi connectivity index (χ3v) is 4.87. The largest absolute Gasteiger partial charge is 0.367 e. The summed E-state index contributed by atoms with van der Waals surface area (Å²) >= 11 is 0. The second-order valence-electron chi connectivity index (χ2n) is 6.59. The van der Waals surface area contributed by atoms with Crippen LogP contribution in [0.15, 0.2) is 4.52 Å². The molecule has 5 nitrogen and oxygen atoms in total. The van der Waals surface area contributed by atoms with Crippen LogP contribution in [0, 0.1) is 0 Å². The van der Waals surface area contributed by atoms with Gasteiger partial charge in [0, 0.05) is 12.6 Å². The van der Waals surface area contributed by atoms with Crippen LogP contribution in [0.4, 0.5) is 0 Å². The zero-order valence-electron chi connectivity index (χ0n) is 13.2. The Morgan fingerprint density at radius 3 is 2.95 bits per heavy atom. The van der Waals surface area contributed by atoms with Crippen LogP contribution in [0.3, 0.4) is 0 Å². The molecule has 0 amide bonds. The molecule has 1 aliphatic heterocycles. The molecule has 21 heavy (non-hydrogen) atoms. The fraction of sp³-hybridized carbons (Fsp3) is 0.875. The predicted molar refractivity (Wildman–Crippen MR) is 80.1 cm³/mol. The molecule has 1 N–H and O–H groups in total. The maximum atomic E-state index is 5.92. The summed E-state index contributed by atoms with van der Waals surface area (Å²) in [4.78, 5) is 4.70. The van der Waals surface area contributed by atoms with E-state index in [0.717, 1.165) is 50.6 Å². The number of ether oxygens (including phenoxy) is 1. The average molecular weight is 293 g/mol. The summed E-state index contributed by atoms with van der Waals surface area (Å²) < 4.78 is 11.5. The van der Waals surface area contributed by atoms with Gasteiger partial charge < -0.3 is 14.6 Å². The molecule has 2 fully saturated rings. The second-order valence-corrected chi connectivity index (χ2v) is 6.59. The van der Waals surface area contributed by atoms with Crippen molar-refractivity contribution in [1.29, 1.82) is 0 Å². The Hall–Kier alpha value is -0.940. The molecular formula is C16H27N3O2. The first-order valence-corrected chi connectivity index (χ1v) is 8.44. The van der Waals surface area contributed by atoms with E-state index in [1.165, 1.54) is 19.3 Å². The summed E-state index contributed by atoms with van der Waals surface area (Å²) in [7, 11) is 0. The molecule has 1 aromatic rings. The number of hydrogen-bond acceptors (Lipinski definition) is 5. The molecule has 3 unspecified atom stereocenters. The summed E-state index contributed by atoms with van der Waals surface area (Å²) in [5.74, 6) is 1.90. The molecule has 1 aliphatic carbocycles. The van der Waals surface area contributed by atoms with Crippen molar-refractivity contribution in [1.82, 2.24) is 15.5 Å². The summed E-state index contributed by atoms with van der Waals surface area (Å²) in [6.45, 7) is 6.14. The lowest BCUT2D eigenvalue weighted by atomic mass is 9.95. The van der Waals surface area contributed by atoms with Crippen LogP contribution < -0.4 is 5.32 Å². The Morgan fingerprint density at radius 2 is 2.19 bits per heavy atom. The lowest BCUT2D eigenvalue weighted by Gasteiger charge is -2.30. The van der Waals surface area contributed by atoms with Crippen molar-refractivity contribution in [3.8, 4) is 0 Å². The maximum Gasteiger partial charge on any atom is 0.231 e. The highest BCUT2D eigenvalue weighted by Gasteiger charge is 2.38. The van der Waals surface area contributed by atoms with Crippen LogP contribution >= 0.6 is 0 Å². The van der Waals surface area contributed by atoms with E-state index in [1.807, 2.05) is 0 Å². The molecule has 1 aromatic heterocycles. The summed E-state index contributed by atoms with van der Waals surface area (Å²) in [5.41, 5.74) is -0.356. The third kappa shape index (κ3) is 3.14. The molecule has 3 atom stereocenters. The van der Waals surface area contributed by atoms with E-state index in [4.69, 9.17) is 14.2 Å². The van der Waals surface area contributed by atoms with E-state index in [9.17, 15) is 0 Å². The molecule has 2 heterocycles. The van der Waals surface area contributed by atoms with Crippen LogP contribution in [0.2, 0.25) is 0 Å². The Labute approximate surface area is 126 Å². The molecule has 0 radical (unpaired) electrons. The summed E-state index contributed by atoms with van der Waals surface area (Å²) in [6, 6.07) is 0.485. The van der Waals surface area contributed by atoms with Gasteiger partial charge in [-0.25, -0.2) is 0 Å². The van der Waals surface area contributed by atoms with Crippen molar-refractivity contribution in [2.45, 2.75) is 76.4 Å². The highest BCUT2D eigenvalue weighted by Crippen LogP contribution is 2.37. The van der Waals surface area contributed by atoms with Gasteiger partial charge in [-0.2, -0.15) is 4.98 Å². The SMILES string of the molecule is CCCNC1CCCC1c1nc(C2(C)CCCCO2)no1. The van der Waals surface area contributed by atoms with Crippen molar-refractivity contribution in [2.24, 2.45) is 0 Å².